The summed E-state index contributed by atoms with van der Waals surface area (Å²) in [6, 6.07) is 5.75. The van der Waals surface area contributed by atoms with E-state index in [0.29, 0.717) is 11.8 Å². The molecule has 0 aliphatic carbocycles. The lowest BCUT2D eigenvalue weighted by molar-refractivity contribution is 0.293. The predicted octanol–water partition coefficient (Wildman–Crippen LogP) is 3.16. The summed E-state index contributed by atoms with van der Waals surface area (Å²) in [5.41, 5.74) is 1.04. The van der Waals surface area contributed by atoms with E-state index in [-0.39, 0.29) is 5.82 Å². The zero-order valence-electron chi connectivity index (χ0n) is 11.2. The first-order valence-electron chi connectivity index (χ1n) is 6.78. The van der Waals surface area contributed by atoms with Crippen LogP contribution in [0.1, 0.15) is 31.7 Å². The molecule has 0 saturated carbocycles. The lowest BCUT2D eigenvalue weighted by Gasteiger charge is -2.29. The Morgan fingerprint density at radius 3 is 2.94 bits per heavy atom. The van der Waals surface area contributed by atoms with E-state index in [1.165, 1.54) is 26.4 Å². The summed E-state index contributed by atoms with van der Waals surface area (Å²) in [7, 11) is 1.49. The Kier molecular flexibility index (Phi) is 4.59. The van der Waals surface area contributed by atoms with Crippen molar-refractivity contribution in [3.8, 4) is 5.75 Å². The van der Waals surface area contributed by atoms with E-state index < -0.39 is 0 Å². The number of rotatable bonds is 4. The molecule has 0 amide bonds. The van der Waals surface area contributed by atoms with E-state index >= 15 is 0 Å². The third-order valence-corrected chi connectivity index (χ3v) is 3.88. The van der Waals surface area contributed by atoms with Gasteiger partial charge in [-0.15, -0.1) is 0 Å². The topological polar surface area (TPSA) is 21.3 Å². The number of benzene rings is 1. The molecule has 1 aromatic rings. The molecule has 1 aliphatic rings. The summed E-state index contributed by atoms with van der Waals surface area (Å²) in [6.07, 6.45) is 4.61. The van der Waals surface area contributed by atoms with Crippen molar-refractivity contribution < 1.29 is 9.13 Å². The molecule has 1 N–H and O–H groups in total. The van der Waals surface area contributed by atoms with Gasteiger partial charge in [0.2, 0.25) is 0 Å². The van der Waals surface area contributed by atoms with Gasteiger partial charge in [0.15, 0.2) is 11.6 Å². The molecule has 2 atom stereocenters. The molecule has 1 aromatic carbocycles. The van der Waals surface area contributed by atoms with Gasteiger partial charge >= 0.3 is 0 Å². The normalized spacial score (nSPS) is 23.9. The van der Waals surface area contributed by atoms with Gasteiger partial charge in [-0.25, -0.2) is 4.39 Å². The second kappa shape index (κ2) is 6.19. The fraction of sp³-hybridized carbons (Fsp3) is 0.600. The molecule has 0 aromatic heterocycles. The van der Waals surface area contributed by atoms with Gasteiger partial charge in [-0.2, -0.15) is 0 Å². The third kappa shape index (κ3) is 3.22. The number of nitrogens with one attached hydrogen (secondary N) is 1. The maximum atomic E-state index is 13.6. The van der Waals surface area contributed by atoms with Crippen LogP contribution in [-0.4, -0.2) is 19.7 Å². The van der Waals surface area contributed by atoms with E-state index in [1.807, 2.05) is 6.07 Å². The van der Waals surface area contributed by atoms with Crippen molar-refractivity contribution in [1.29, 1.82) is 0 Å². The Morgan fingerprint density at radius 2 is 2.28 bits per heavy atom. The highest BCUT2D eigenvalue weighted by molar-refractivity contribution is 5.29. The van der Waals surface area contributed by atoms with Crippen LogP contribution in [0.4, 0.5) is 4.39 Å². The lowest BCUT2D eigenvalue weighted by atomic mass is 9.87. The molecule has 1 heterocycles. The predicted molar refractivity (Wildman–Crippen MR) is 71.5 cm³/mol. The largest absolute Gasteiger partial charge is 0.494 e. The van der Waals surface area contributed by atoms with E-state index in [9.17, 15) is 4.39 Å². The van der Waals surface area contributed by atoms with Crippen LogP contribution in [0, 0.1) is 11.7 Å². The van der Waals surface area contributed by atoms with E-state index in [1.54, 1.807) is 12.1 Å². The van der Waals surface area contributed by atoms with Gasteiger partial charge in [0.1, 0.15) is 0 Å². The second-order valence-electron chi connectivity index (χ2n) is 5.12. The quantitative estimate of drug-likeness (QED) is 0.887. The Bertz CT molecular complexity index is 394. The van der Waals surface area contributed by atoms with Crippen molar-refractivity contribution >= 4 is 0 Å². The molecule has 18 heavy (non-hydrogen) atoms. The molecule has 100 valence electrons. The fourth-order valence-corrected chi connectivity index (χ4v) is 2.74. The van der Waals surface area contributed by atoms with Gasteiger partial charge < -0.3 is 10.1 Å². The highest BCUT2D eigenvalue weighted by atomic mass is 19.1. The zero-order valence-corrected chi connectivity index (χ0v) is 11.2. The Labute approximate surface area is 109 Å². The first-order valence-corrected chi connectivity index (χ1v) is 6.78. The molecule has 0 radical (unpaired) electrons. The minimum atomic E-state index is -0.266. The molecule has 1 fully saturated rings. The summed E-state index contributed by atoms with van der Waals surface area (Å²) in [5.74, 6) is 0.874. The van der Waals surface area contributed by atoms with Crippen LogP contribution in [0.2, 0.25) is 0 Å². The average molecular weight is 251 g/mol. The van der Waals surface area contributed by atoms with E-state index in [2.05, 4.69) is 12.2 Å². The number of hydrogen-bond donors (Lipinski definition) is 1. The molecule has 2 rings (SSSR count). The van der Waals surface area contributed by atoms with Crippen molar-refractivity contribution in [3.05, 3.63) is 29.6 Å². The summed E-state index contributed by atoms with van der Waals surface area (Å²) in [5, 5.41) is 3.53. The smallest absolute Gasteiger partial charge is 0.165 e. The average Bonchev–Trinajstić information content (AvgIpc) is 2.39. The van der Waals surface area contributed by atoms with Gasteiger partial charge in [0.25, 0.3) is 0 Å². The summed E-state index contributed by atoms with van der Waals surface area (Å²) < 4.78 is 18.5. The van der Waals surface area contributed by atoms with E-state index in [4.69, 9.17) is 4.74 Å². The van der Waals surface area contributed by atoms with Crippen LogP contribution >= 0.6 is 0 Å². The molecule has 0 spiro atoms. The van der Waals surface area contributed by atoms with Gasteiger partial charge in [-0.05, 0) is 49.4 Å². The molecule has 0 bridgehead atoms. The first-order chi connectivity index (χ1) is 8.72. The minimum Gasteiger partial charge on any atom is -0.494 e. The second-order valence-corrected chi connectivity index (χ2v) is 5.12. The molecular weight excluding hydrogens is 229 g/mol. The van der Waals surface area contributed by atoms with Crippen LogP contribution < -0.4 is 10.1 Å². The standard InChI is InChI=1S/C15H22FNO/c1-3-11-6-7-17-13(8-11)9-12-4-5-15(18-2)14(16)10-12/h4-5,10-11,13,17H,3,6-9H2,1-2H3. The number of ether oxygens (including phenoxy) is 1. The summed E-state index contributed by atoms with van der Waals surface area (Å²) in [4.78, 5) is 0. The Hall–Kier alpha value is -1.09. The lowest BCUT2D eigenvalue weighted by Crippen LogP contribution is -2.39. The molecule has 2 unspecified atom stereocenters. The maximum Gasteiger partial charge on any atom is 0.165 e. The maximum absolute atomic E-state index is 13.6. The Balaban J connectivity index is 1.98. The van der Waals surface area contributed by atoms with Crippen molar-refractivity contribution in [2.45, 2.75) is 38.6 Å². The van der Waals surface area contributed by atoms with Gasteiger partial charge in [-0.1, -0.05) is 19.4 Å². The highest BCUT2D eigenvalue weighted by Gasteiger charge is 2.20. The number of halogens is 1. The molecule has 3 heteroatoms. The monoisotopic (exact) mass is 251 g/mol. The zero-order chi connectivity index (χ0) is 13.0. The molecular formula is C15H22FNO. The highest BCUT2D eigenvalue weighted by Crippen LogP contribution is 2.23. The van der Waals surface area contributed by atoms with Crippen molar-refractivity contribution in [2.75, 3.05) is 13.7 Å². The van der Waals surface area contributed by atoms with Crippen LogP contribution in [0.3, 0.4) is 0 Å². The van der Waals surface area contributed by atoms with Gasteiger partial charge in [-0.3, -0.25) is 0 Å². The van der Waals surface area contributed by atoms with E-state index in [0.717, 1.165) is 24.4 Å². The Morgan fingerprint density at radius 1 is 1.44 bits per heavy atom. The first kappa shape index (κ1) is 13.3. The minimum absolute atomic E-state index is 0.266. The van der Waals surface area contributed by atoms with Crippen molar-refractivity contribution in [1.82, 2.24) is 5.32 Å². The third-order valence-electron chi connectivity index (χ3n) is 3.88. The molecule has 1 saturated heterocycles. The number of piperidine rings is 1. The van der Waals surface area contributed by atoms with Crippen LogP contribution in [0.5, 0.6) is 5.75 Å². The summed E-state index contributed by atoms with van der Waals surface area (Å²) >= 11 is 0. The summed E-state index contributed by atoms with van der Waals surface area (Å²) in [6.45, 7) is 3.34. The van der Waals surface area contributed by atoms with Crippen LogP contribution in [0.15, 0.2) is 18.2 Å². The SMILES string of the molecule is CCC1CCNC(Cc2ccc(OC)c(F)c2)C1. The van der Waals surface area contributed by atoms with Gasteiger partial charge in [0.05, 0.1) is 7.11 Å². The van der Waals surface area contributed by atoms with Gasteiger partial charge in [0, 0.05) is 6.04 Å². The fourth-order valence-electron chi connectivity index (χ4n) is 2.74. The number of hydrogen-bond acceptors (Lipinski definition) is 2. The molecule has 1 aliphatic heterocycles. The van der Waals surface area contributed by atoms with Crippen LogP contribution in [0.25, 0.3) is 0 Å². The number of methoxy groups -OCH3 is 1. The van der Waals surface area contributed by atoms with Crippen molar-refractivity contribution in [2.24, 2.45) is 5.92 Å². The van der Waals surface area contributed by atoms with Crippen molar-refractivity contribution in [3.63, 3.8) is 0 Å². The van der Waals surface area contributed by atoms with Crippen LogP contribution in [-0.2, 0) is 6.42 Å². The molecule has 2 nitrogen and oxygen atoms in total.